The Morgan fingerprint density at radius 3 is 2.54 bits per heavy atom. The number of carboxylic acid groups (broad SMARTS) is 1. The molecule has 1 saturated heterocycles. The number of aryl methyl sites for hydroxylation is 1. The van der Waals surface area contributed by atoms with Crippen LogP contribution in [0.3, 0.4) is 0 Å². The second-order valence-corrected chi connectivity index (χ2v) is 8.31. The van der Waals surface area contributed by atoms with Crippen LogP contribution in [0.2, 0.25) is 0 Å². The minimum absolute atomic E-state index is 0.128. The zero-order chi connectivity index (χ0) is 18.9. The number of benzene rings is 1. The number of nitrogens with zero attached hydrogens (tertiary/aromatic N) is 1. The van der Waals surface area contributed by atoms with Crippen molar-refractivity contribution >= 4 is 16.1 Å². The van der Waals surface area contributed by atoms with Crippen LogP contribution in [-0.4, -0.2) is 37.1 Å². The van der Waals surface area contributed by atoms with Crippen molar-refractivity contribution in [1.82, 2.24) is 15.2 Å². The van der Waals surface area contributed by atoms with Gasteiger partial charge in [0.1, 0.15) is 0 Å². The summed E-state index contributed by atoms with van der Waals surface area (Å²) in [5.41, 5.74) is 5.43. The molecule has 1 aromatic carbocycles. The number of hydrazine groups is 1. The van der Waals surface area contributed by atoms with E-state index in [1.165, 1.54) is 4.90 Å². The lowest BCUT2D eigenvalue weighted by molar-refractivity contribution is 0.119. The maximum atomic E-state index is 12.5. The quantitative estimate of drug-likeness (QED) is 0.540. The molecule has 3 aliphatic rings. The molecule has 4 rings (SSSR count). The summed E-state index contributed by atoms with van der Waals surface area (Å²) in [6.07, 6.45) is 4.26. The van der Waals surface area contributed by atoms with E-state index in [2.05, 4.69) is 10.3 Å². The number of hydrogen-bond acceptors (Lipinski definition) is 4. The van der Waals surface area contributed by atoms with E-state index in [0.717, 1.165) is 17.6 Å². The highest BCUT2D eigenvalue weighted by atomic mass is 32.2. The van der Waals surface area contributed by atoms with Crippen LogP contribution < -0.4 is 10.3 Å². The Morgan fingerprint density at radius 1 is 1.27 bits per heavy atom. The summed E-state index contributed by atoms with van der Waals surface area (Å²) in [5, 5.41) is 9.40. The zero-order valence-corrected chi connectivity index (χ0v) is 15.6. The molecule has 3 N–H and O–H groups in total. The Hall–Kier alpha value is -2.32. The number of carbonyl (C=O) groups is 1. The maximum Gasteiger partial charge on any atom is 0.408 e. The number of fused-ring (bicyclic) bond motifs is 2. The van der Waals surface area contributed by atoms with Crippen molar-refractivity contribution in [3.8, 4) is 0 Å². The maximum absolute atomic E-state index is 12.5. The number of amides is 1. The molecule has 0 aromatic heterocycles. The second kappa shape index (κ2) is 7.13. The molecule has 1 aromatic rings. The molecule has 0 spiro atoms. The van der Waals surface area contributed by atoms with E-state index < -0.39 is 16.1 Å². The van der Waals surface area contributed by atoms with Gasteiger partial charge in [0.05, 0.1) is 10.9 Å². The van der Waals surface area contributed by atoms with Gasteiger partial charge < -0.3 is 10.5 Å². The third-order valence-electron chi connectivity index (χ3n) is 4.83. The Bertz CT molecular complexity index is 859. The monoisotopic (exact) mass is 377 g/mol. The van der Waals surface area contributed by atoms with Crippen LogP contribution in [0.15, 0.2) is 52.6 Å². The number of nitrogens with one attached hydrogen (secondary N) is 2. The summed E-state index contributed by atoms with van der Waals surface area (Å²) in [5.74, 6) is 0.128. The van der Waals surface area contributed by atoms with Crippen LogP contribution in [0.25, 0.3) is 0 Å². The minimum atomic E-state index is -3.71. The van der Waals surface area contributed by atoms with Gasteiger partial charge in [0.25, 0.3) is 10.0 Å². The van der Waals surface area contributed by atoms with Gasteiger partial charge in [0.15, 0.2) is 0 Å². The van der Waals surface area contributed by atoms with Gasteiger partial charge in [-0.1, -0.05) is 36.8 Å². The number of hydrogen-bond donors (Lipinski definition) is 3. The standard InChI is InChI=1S/C18H23N3O4S/c1-3-16(15-10-13-6-9-17(15)21(11-13)18(22)23)19-20-26(24,25)14-7-4-12(2)5-8-14/h4-9,13,17,19-20H,3,10-11H2,1-2H3,(H,22,23). The van der Waals surface area contributed by atoms with Gasteiger partial charge in [-0.25, -0.2) is 13.2 Å². The molecule has 8 heteroatoms. The molecule has 1 fully saturated rings. The van der Waals surface area contributed by atoms with E-state index in [-0.39, 0.29) is 16.9 Å². The molecule has 2 aliphatic heterocycles. The van der Waals surface area contributed by atoms with Crippen LogP contribution in [0.5, 0.6) is 0 Å². The fourth-order valence-corrected chi connectivity index (χ4v) is 4.30. The van der Waals surface area contributed by atoms with Crippen molar-refractivity contribution in [2.75, 3.05) is 6.54 Å². The number of piperidine rings is 1. The first-order valence-corrected chi connectivity index (χ1v) is 10.0. The van der Waals surface area contributed by atoms with Crippen molar-refractivity contribution in [2.45, 2.75) is 37.6 Å². The number of rotatable bonds is 5. The molecule has 2 atom stereocenters. The summed E-state index contributed by atoms with van der Waals surface area (Å²) in [7, 11) is -3.71. The fraction of sp³-hybridized carbons (Fsp3) is 0.389. The van der Waals surface area contributed by atoms with Gasteiger partial charge in [-0.3, -0.25) is 4.90 Å². The highest BCUT2D eigenvalue weighted by Gasteiger charge is 2.37. The van der Waals surface area contributed by atoms with E-state index in [1.807, 2.05) is 26.0 Å². The molecule has 1 amide bonds. The lowest BCUT2D eigenvalue weighted by Gasteiger charge is -2.42. The van der Waals surface area contributed by atoms with Gasteiger partial charge in [-0.05, 0) is 43.4 Å². The second-order valence-electron chi connectivity index (χ2n) is 6.63. The fourth-order valence-electron chi connectivity index (χ4n) is 3.43. The molecule has 26 heavy (non-hydrogen) atoms. The van der Waals surface area contributed by atoms with Gasteiger partial charge in [0, 0.05) is 12.2 Å². The van der Waals surface area contributed by atoms with Gasteiger partial charge in [-0.15, -0.1) is 4.83 Å². The molecule has 2 heterocycles. The van der Waals surface area contributed by atoms with E-state index in [0.29, 0.717) is 18.7 Å². The molecule has 2 unspecified atom stereocenters. The van der Waals surface area contributed by atoms with Crippen LogP contribution in [0.1, 0.15) is 25.3 Å². The first-order chi connectivity index (χ1) is 12.3. The van der Waals surface area contributed by atoms with Crippen molar-refractivity contribution in [2.24, 2.45) is 5.92 Å². The Kier molecular flexibility index (Phi) is 5.06. The molecule has 7 nitrogen and oxygen atoms in total. The SMILES string of the molecule is CCC(NNS(=O)(=O)c1ccc(C)cc1)=C1CC2C=CC1N(C(=O)O)C2. The smallest absolute Gasteiger partial charge is 0.408 e. The highest BCUT2D eigenvalue weighted by molar-refractivity contribution is 7.89. The first-order valence-electron chi connectivity index (χ1n) is 8.56. The van der Waals surface area contributed by atoms with Gasteiger partial charge >= 0.3 is 6.09 Å². The topological polar surface area (TPSA) is 98.7 Å². The van der Waals surface area contributed by atoms with Crippen molar-refractivity contribution in [3.63, 3.8) is 0 Å². The van der Waals surface area contributed by atoms with Crippen LogP contribution in [0, 0.1) is 12.8 Å². The molecule has 140 valence electrons. The predicted molar refractivity (Wildman–Crippen MR) is 97.7 cm³/mol. The summed E-state index contributed by atoms with van der Waals surface area (Å²) in [6.45, 7) is 4.28. The Labute approximate surface area is 153 Å². The van der Waals surface area contributed by atoms with E-state index in [1.54, 1.807) is 24.3 Å². The molecular formula is C18H23N3O4S. The summed E-state index contributed by atoms with van der Waals surface area (Å²) < 4.78 is 24.9. The number of sulfonamides is 1. The van der Waals surface area contributed by atoms with E-state index in [9.17, 15) is 18.3 Å². The normalized spacial score (nSPS) is 23.8. The average molecular weight is 377 g/mol. The van der Waals surface area contributed by atoms with E-state index >= 15 is 0 Å². The zero-order valence-electron chi connectivity index (χ0n) is 14.8. The predicted octanol–water partition coefficient (Wildman–Crippen LogP) is 2.38. The molecule has 1 aliphatic carbocycles. The highest BCUT2D eigenvalue weighted by Crippen LogP contribution is 2.35. The number of allylic oxidation sites excluding steroid dienone is 1. The van der Waals surface area contributed by atoms with E-state index in [4.69, 9.17) is 0 Å². The molecular weight excluding hydrogens is 354 g/mol. The third kappa shape index (κ3) is 3.61. The molecule has 2 bridgehead atoms. The summed E-state index contributed by atoms with van der Waals surface area (Å²) in [4.78, 5) is 15.5. The molecule has 0 radical (unpaired) electrons. The Balaban J connectivity index is 1.81. The van der Waals surface area contributed by atoms with Crippen molar-refractivity contribution in [1.29, 1.82) is 0 Å². The van der Waals surface area contributed by atoms with Crippen LogP contribution >= 0.6 is 0 Å². The van der Waals surface area contributed by atoms with Crippen LogP contribution in [0.4, 0.5) is 4.79 Å². The third-order valence-corrected chi connectivity index (χ3v) is 6.09. The minimum Gasteiger partial charge on any atom is -0.465 e. The van der Waals surface area contributed by atoms with Crippen molar-refractivity contribution < 1.29 is 18.3 Å². The average Bonchev–Trinajstić information content (AvgIpc) is 2.63. The lowest BCUT2D eigenvalue weighted by atomic mass is 9.81. The summed E-state index contributed by atoms with van der Waals surface area (Å²) in [6, 6.07) is 6.24. The lowest BCUT2D eigenvalue weighted by Crippen LogP contribution is -2.50. The molecule has 0 saturated carbocycles. The van der Waals surface area contributed by atoms with Gasteiger partial charge in [-0.2, -0.15) is 0 Å². The van der Waals surface area contributed by atoms with Crippen LogP contribution in [-0.2, 0) is 10.0 Å². The summed E-state index contributed by atoms with van der Waals surface area (Å²) >= 11 is 0. The van der Waals surface area contributed by atoms with Gasteiger partial charge in [0.2, 0.25) is 0 Å². The largest absolute Gasteiger partial charge is 0.465 e. The Morgan fingerprint density at radius 2 is 1.96 bits per heavy atom. The van der Waals surface area contributed by atoms with Crippen molar-refractivity contribution in [3.05, 3.63) is 53.3 Å². The first kappa shape index (κ1) is 18.5.